The van der Waals surface area contributed by atoms with Gasteiger partial charge in [-0.25, -0.2) is 4.79 Å². The maximum Gasteiger partial charge on any atom is 0.335 e. The van der Waals surface area contributed by atoms with E-state index in [1.165, 1.54) is 0 Å². The third kappa shape index (κ3) is 4.95. The number of carbonyl (C=O) groups is 2. The Balaban J connectivity index is 1.91. The van der Waals surface area contributed by atoms with Crippen LogP contribution in [0.5, 0.6) is 0 Å². The molecule has 0 bridgehead atoms. The Kier molecular flexibility index (Phi) is 5.92. The number of para-hydroxylation sites is 1. The largest absolute Gasteiger partial charge is 0.478 e. The van der Waals surface area contributed by atoms with Crippen LogP contribution in [0.15, 0.2) is 48.5 Å². The smallest absolute Gasteiger partial charge is 0.335 e. The molecular formula is C19H21NO3. The van der Waals surface area contributed by atoms with E-state index >= 15 is 0 Å². The first-order valence-corrected chi connectivity index (χ1v) is 7.80. The Labute approximate surface area is 136 Å². The molecule has 0 saturated carbocycles. The molecule has 4 nitrogen and oxygen atoms in total. The number of hydrogen-bond acceptors (Lipinski definition) is 2. The first-order chi connectivity index (χ1) is 11.1. The van der Waals surface area contributed by atoms with Gasteiger partial charge in [-0.2, -0.15) is 0 Å². The number of aromatic carboxylic acids is 1. The lowest BCUT2D eigenvalue weighted by Gasteiger charge is -2.10. The molecule has 0 saturated heterocycles. The Morgan fingerprint density at radius 2 is 1.70 bits per heavy atom. The lowest BCUT2D eigenvalue weighted by molar-refractivity contribution is -0.116. The van der Waals surface area contributed by atoms with E-state index in [0.29, 0.717) is 12.8 Å². The van der Waals surface area contributed by atoms with Crippen molar-refractivity contribution in [3.63, 3.8) is 0 Å². The second kappa shape index (κ2) is 8.13. The maximum atomic E-state index is 12.1. The summed E-state index contributed by atoms with van der Waals surface area (Å²) in [4.78, 5) is 22.9. The quantitative estimate of drug-likeness (QED) is 0.814. The van der Waals surface area contributed by atoms with Crippen LogP contribution in [-0.2, 0) is 17.6 Å². The molecule has 1 amide bonds. The first kappa shape index (κ1) is 16.7. The molecule has 0 unspecified atom stereocenters. The summed E-state index contributed by atoms with van der Waals surface area (Å²) >= 11 is 0. The minimum atomic E-state index is -0.943. The maximum absolute atomic E-state index is 12.1. The van der Waals surface area contributed by atoms with Crippen LogP contribution in [0.2, 0.25) is 0 Å². The van der Waals surface area contributed by atoms with Crippen molar-refractivity contribution in [3.8, 4) is 0 Å². The van der Waals surface area contributed by atoms with Crippen molar-refractivity contribution in [2.45, 2.75) is 32.6 Å². The summed E-state index contributed by atoms with van der Waals surface area (Å²) in [5.41, 5.74) is 3.23. The monoisotopic (exact) mass is 311 g/mol. The zero-order valence-corrected chi connectivity index (χ0v) is 13.2. The zero-order valence-electron chi connectivity index (χ0n) is 13.2. The topological polar surface area (TPSA) is 66.4 Å². The van der Waals surface area contributed by atoms with E-state index in [4.69, 9.17) is 5.11 Å². The Hall–Kier alpha value is -2.62. The van der Waals surface area contributed by atoms with Crippen LogP contribution in [0.25, 0.3) is 0 Å². The van der Waals surface area contributed by atoms with Crippen molar-refractivity contribution >= 4 is 17.6 Å². The summed E-state index contributed by atoms with van der Waals surface area (Å²) in [6.45, 7) is 2.11. The Morgan fingerprint density at radius 1 is 1.00 bits per heavy atom. The van der Waals surface area contributed by atoms with Gasteiger partial charge in [-0.3, -0.25) is 4.79 Å². The number of rotatable bonds is 7. The molecule has 0 aromatic heterocycles. The Bertz CT molecular complexity index is 677. The molecule has 120 valence electrons. The van der Waals surface area contributed by atoms with E-state index in [0.717, 1.165) is 29.7 Å². The highest BCUT2D eigenvalue weighted by atomic mass is 16.4. The predicted octanol–water partition coefficient (Wildman–Crippen LogP) is 3.91. The summed E-state index contributed by atoms with van der Waals surface area (Å²) in [5, 5.41) is 11.8. The van der Waals surface area contributed by atoms with Gasteiger partial charge in [0.1, 0.15) is 0 Å². The number of aryl methyl sites for hydroxylation is 2. The summed E-state index contributed by atoms with van der Waals surface area (Å²) in [5.74, 6) is -0.974. The van der Waals surface area contributed by atoms with Gasteiger partial charge in [-0.1, -0.05) is 43.7 Å². The lowest BCUT2D eigenvalue weighted by Crippen LogP contribution is -2.13. The van der Waals surface area contributed by atoms with E-state index in [2.05, 4.69) is 12.2 Å². The third-order valence-corrected chi connectivity index (χ3v) is 3.65. The van der Waals surface area contributed by atoms with Gasteiger partial charge in [0, 0.05) is 12.1 Å². The molecule has 2 aromatic carbocycles. The van der Waals surface area contributed by atoms with Gasteiger partial charge in [-0.15, -0.1) is 0 Å². The molecule has 2 rings (SSSR count). The van der Waals surface area contributed by atoms with Crippen LogP contribution >= 0.6 is 0 Å². The molecule has 2 N–H and O–H groups in total. The molecule has 23 heavy (non-hydrogen) atoms. The standard InChI is InChI=1S/C19H21NO3/c1-2-5-15-6-3-4-7-17(15)20-18(21)13-10-14-8-11-16(12-9-14)19(22)23/h3-4,6-9,11-12H,2,5,10,13H2,1H3,(H,20,21)(H,22,23). The van der Waals surface area contributed by atoms with Gasteiger partial charge in [0.05, 0.1) is 5.56 Å². The van der Waals surface area contributed by atoms with E-state index < -0.39 is 5.97 Å². The molecule has 0 fully saturated rings. The van der Waals surface area contributed by atoms with Crippen LogP contribution in [0, 0.1) is 0 Å². The summed E-state index contributed by atoms with van der Waals surface area (Å²) < 4.78 is 0. The number of carboxylic acids is 1. The van der Waals surface area contributed by atoms with E-state index in [1.54, 1.807) is 24.3 Å². The second-order valence-electron chi connectivity index (χ2n) is 5.46. The number of nitrogens with one attached hydrogen (secondary N) is 1. The highest BCUT2D eigenvalue weighted by Crippen LogP contribution is 2.17. The van der Waals surface area contributed by atoms with Crippen LogP contribution in [0.4, 0.5) is 5.69 Å². The number of carboxylic acid groups (broad SMARTS) is 1. The van der Waals surface area contributed by atoms with Crippen LogP contribution in [0.1, 0.15) is 41.3 Å². The summed E-state index contributed by atoms with van der Waals surface area (Å²) in [7, 11) is 0. The molecule has 0 aliphatic heterocycles. The molecule has 0 atom stereocenters. The average Bonchev–Trinajstić information content (AvgIpc) is 2.55. The minimum absolute atomic E-state index is 0.0316. The van der Waals surface area contributed by atoms with Gasteiger partial charge in [0.25, 0.3) is 0 Å². The van der Waals surface area contributed by atoms with E-state index in [-0.39, 0.29) is 11.5 Å². The highest BCUT2D eigenvalue weighted by Gasteiger charge is 2.07. The average molecular weight is 311 g/mol. The van der Waals surface area contributed by atoms with Gasteiger partial charge >= 0.3 is 5.97 Å². The van der Waals surface area contributed by atoms with Crippen LogP contribution in [0.3, 0.4) is 0 Å². The number of anilines is 1. The van der Waals surface area contributed by atoms with Crippen molar-refractivity contribution in [3.05, 3.63) is 65.2 Å². The predicted molar refractivity (Wildman–Crippen MR) is 90.8 cm³/mol. The lowest BCUT2D eigenvalue weighted by atomic mass is 10.1. The summed E-state index contributed by atoms with van der Waals surface area (Å²) in [6, 6.07) is 14.5. The second-order valence-corrected chi connectivity index (χ2v) is 5.46. The third-order valence-electron chi connectivity index (χ3n) is 3.65. The number of amides is 1. The highest BCUT2D eigenvalue weighted by molar-refractivity contribution is 5.91. The van der Waals surface area contributed by atoms with Gasteiger partial charge in [0.15, 0.2) is 0 Å². The summed E-state index contributed by atoms with van der Waals surface area (Å²) in [6.07, 6.45) is 2.92. The number of carbonyl (C=O) groups excluding carboxylic acids is 1. The minimum Gasteiger partial charge on any atom is -0.478 e. The van der Waals surface area contributed by atoms with E-state index in [1.807, 2.05) is 24.3 Å². The molecular weight excluding hydrogens is 290 g/mol. The number of hydrogen-bond donors (Lipinski definition) is 2. The fraction of sp³-hybridized carbons (Fsp3) is 0.263. The van der Waals surface area contributed by atoms with Gasteiger partial charge in [-0.05, 0) is 42.2 Å². The normalized spacial score (nSPS) is 10.3. The van der Waals surface area contributed by atoms with Crippen molar-refractivity contribution < 1.29 is 14.7 Å². The fourth-order valence-electron chi connectivity index (χ4n) is 2.41. The fourth-order valence-corrected chi connectivity index (χ4v) is 2.41. The molecule has 0 heterocycles. The van der Waals surface area contributed by atoms with E-state index in [9.17, 15) is 9.59 Å². The van der Waals surface area contributed by atoms with Gasteiger partial charge < -0.3 is 10.4 Å². The number of benzene rings is 2. The van der Waals surface area contributed by atoms with Crippen LogP contribution < -0.4 is 5.32 Å². The molecule has 2 aromatic rings. The van der Waals surface area contributed by atoms with Crippen molar-refractivity contribution in [1.82, 2.24) is 0 Å². The first-order valence-electron chi connectivity index (χ1n) is 7.80. The van der Waals surface area contributed by atoms with Crippen molar-refractivity contribution in [1.29, 1.82) is 0 Å². The van der Waals surface area contributed by atoms with Crippen LogP contribution in [-0.4, -0.2) is 17.0 Å². The molecule has 0 aliphatic rings. The zero-order chi connectivity index (χ0) is 16.7. The molecule has 0 aliphatic carbocycles. The Morgan fingerprint density at radius 3 is 2.35 bits per heavy atom. The molecule has 0 radical (unpaired) electrons. The van der Waals surface area contributed by atoms with Crippen molar-refractivity contribution in [2.75, 3.05) is 5.32 Å². The molecule has 0 spiro atoms. The molecule has 4 heteroatoms. The van der Waals surface area contributed by atoms with Gasteiger partial charge in [0.2, 0.25) is 5.91 Å². The van der Waals surface area contributed by atoms with Crippen molar-refractivity contribution in [2.24, 2.45) is 0 Å². The SMILES string of the molecule is CCCc1ccccc1NC(=O)CCc1ccc(C(=O)O)cc1.